The minimum atomic E-state index is -0.500. The minimum Gasteiger partial charge on any atom is -0.449 e. The number of halogens is 3. The van der Waals surface area contributed by atoms with Gasteiger partial charge in [0.1, 0.15) is 10.8 Å². The summed E-state index contributed by atoms with van der Waals surface area (Å²) in [6.07, 6.45) is 0. The van der Waals surface area contributed by atoms with Gasteiger partial charge in [-0.1, -0.05) is 51.3 Å². The van der Waals surface area contributed by atoms with Gasteiger partial charge >= 0.3 is 5.69 Å². The summed E-state index contributed by atoms with van der Waals surface area (Å²) in [7, 11) is 0. The first kappa shape index (κ1) is 15.1. The quantitative estimate of drug-likeness (QED) is 0.397. The Morgan fingerprint density at radius 1 is 1.20 bits per heavy atom. The molecule has 0 heterocycles. The van der Waals surface area contributed by atoms with Crippen molar-refractivity contribution in [2.75, 3.05) is 0 Å². The maximum absolute atomic E-state index is 11.1. The second kappa shape index (κ2) is 6.43. The number of rotatable bonds is 4. The van der Waals surface area contributed by atoms with E-state index in [4.69, 9.17) is 27.9 Å². The Bertz CT molecular complexity index is 664. The molecule has 104 valence electrons. The maximum atomic E-state index is 11.1. The van der Waals surface area contributed by atoms with E-state index in [1.165, 1.54) is 12.1 Å². The van der Waals surface area contributed by atoms with Gasteiger partial charge in [0.15, 0.2) is 0 Å². The Morgan fingerprint density at radius 2 is 1.95 bits per heavy atom. The third-order valence-corrected chi connectivity index (χ3v) is 3.96. The summed E-state index contributed by atoms with van der Waals surface area (Å²) in [5, 5.41) is 12.1. The third kappa shape index (κ3) is 3.23. The Morgan fingerprint density at radius 3 is 2.60 bits per heavy atom. The van der Waals surface area contributed by atoms with Crippen molar-refractivity contribution in [3.8, 4) is 11.5 Å². The lowest BCUT2D eigenvalue weighted by atomic mass is 10.2. The van der Waals surface area contributed by atoms with Crippen molar-refractivity contribution in [2.24, 2.45) is 0 Å². The van der Waals surface area contributed by atoms with Gasteiger partial charge in [-0.05, 0) is 23.8 Å². The molecule has 2 rings (SSSR count). The fourth-order valence-electron chi connectivity index (χ4n) is 1.56. The highest BCUT2D eigenvalue weighted by Gasteiger charge is 2.18. The van der Waals surface area contributed by atoms with Gasteiger partial charge in [0, 0.05) is 11.4 Å². The Labute approximate surface area is 133 Å². The average molecular weight is 377 g/mol. The first-order valence-electron chi connectivity index (χ1n) is 5.48. The van der Waals surface area contributed by atoms with Crippen molar-refractivity contribution in [2.45, 2.75) is 5.33 Å². The van der Waals surface area contributed by atoms with E-state index < -0.39 is 4.92 Å². The second-order valence-electron chi connectivity index (χ2n) is 3.85. The molecule has 0 fully saturated rings. The summed E-state index contributed by atoms with van der Waals surface area (Å²) in [4.78, 5) is 10.6. The first-order chi connectivity index (χ1) is 9.52. The number of benzene rings is 2. The van der Waals surface area contributed by atoms with Crippen LogP contribution >= 0.6 is 39.1 Å². The molecular formula is C13H8BrCl2NO3. The fourth-order valence-corrected chi connectivity index (χ4v) is 2.24. The van der Waals surface area contributed by atoms with Gasteiger partial charge in [-0.15, -0.1) is 0 Å². The number of nitro benzene ring substituents is 1. The highest BCUT2D eigenvalue weighted by atomic mass is 79.9. The third-order valence-electron chi connectivity index (χ3n) is 2.51. The molecule has 4 nitrogen and oxygen atoms in total. The van der Waals surface area contributed by atoms with Crippen LogP contribution in [0.4, 0.5) is 5.69 Å². The van der Waals surface area contributed by atoms with Crippen LogP contribution in [-0.4, -0.2) is 4.92 Å². The molecule has 0 bridgehead atoms. The van der Waals surface area contributed by atoms with Crippen LogP contribution in [0.2, 0.25) is 10.0 Å². The number of ether oxygens (including phenoxy) is 1. The lowest BCUT2D eigenvalue weighted by Crippen LogP contribution is -1.95. The molecule has 0 saturated carbocycles. The number of hydrogen-bond acceptors (Lipinski definition) is 3. The van der Waals surface area contributed by atoms with Gasteiger partial charge in [0.05, 0.1) is 9.95 Å². The van der Waals surface area contributed by atoms with Crippen molar-refractivity contribution in [3.63, 3.8) is 0 Å². The monoisotopic (exact) mass is 375 g/mol. The molecule has 0 amide bonds. The van der Waals surface area contributed by atoms with Crippen LogP contribution in [0.25, 0.3) is 0 Å². The average Bonchev–Trinajstić information content (AvgIpc) is 2.44. The molecule has 7 heteroatoms. The largest absolute Gasteiger partial charge is 0.449 e. The topological polar surface area (TPSA) is 52.4 Å². The minimum absolute atomic E-state index is 0.115. The van der Waals surface area contributed by atoms with E-state index in [0.717, 1.165) is 5.56 Å². The summed E-state index contributed by atoms with van der Waals surface area (Å²) in [5.74, 6) is 0.387. The highest BCUT2D eigenvalue weighted by molar-refractivity contribution is 9.08. The van der Waals surface area contributed by atoms with Crippen LogP contribution in [0, 0.1) is 10.1 Å². The van der Waals surface area contributed by atoms with Gasteiger partial charge < -0.3 is 4.74 Å². The van der Waals surface area contributed by atoms with Crippen LogP contribution in [-0.2, 0) is 5.33 Å². The zero-order valence-electron chi connectivity index (χ0n) is 9.98. The van der Waals surface area contributed by atoms with Gasteiger partial charge in [-0.2, -0.15) is 0 Å². The number of nitro groups is 1. The first-order valence-corrected chi connectivity index (χ1v) is 7.36. The molecule has 0 saturated heterocycles. The van der Waals surface area contributed by atoms with Gasteiger partial charge in [0.25, 0.3) is 0 Å². The summed E-state index contributed by atoms with van der Waals surface area (Å²) in [6, 6.07) is 9.57. The standard InChI is InChI=1S/C13H8BrCl2NO3/c14-7-8-4-5-11(10(6-8)17(18)19)20-12-3-1-2-9(15)13(12)16/h1-6H,7H2. The Balaban J connectivity index is 2.43. The van der Waals surface area contributed by atoms with Crippen LogP contribution in [0.15, 0.2) is 36.4 Å². The van der Waals surface area contributed by atoms with E-state index >= 15 is 0 Å². The van der Waals surface area contributed by atoms with E-state index in [1.807, 2.05) is 0 Å². The van der Waals surface area contributed by atoms with Crippen LogP contribution < -0.4 is 4.74 Å². The van der Waals surface area contributed by atoms with E-state index in [-0.39, 0.29) is 22.2 Å². The molecule has 0 radical (unpaired) electrons. The Hall–Kier alpha value is -1.30. The summed E-state index contributed by atoms with van der Waals surface area (Å²) in [5.41, 5.74) is 0.652. The normalized spacial score (nSPS) is 10.3. The summed E-state index contributed by atoms with van der Waals surface area (Å²) in [6.45, 7) is 0. The molecule has 0 aliphatic rings. The van der Waals surface area contributed by atoms with E-state index in [2.05, 4.69) is 15.9 Å². The zero-order chi connectivity index (χ0) is 14.7. The zero-order valence-corrected chi connectivity index (χ0v) is 13.1. The maximum Gasteiger partial charge on any atom is 0.311 e. The molecule has 0 atom stereocenters. The molecule has 0 N–H and O–H groups in total. The number of alkyl halides is 1. The molecule has 0 aliphatic heterocycles. The molecule has 2 aromatic carbocycles. The van der Waals surface area contributed by atoms with Gasteiger partial charge in [-0.25, -0.2) is 0 Å². The van der Waals surface area contributed by atoms with Crippen LogP contribution in [0.5, 0.6) is 11.5 Å². The van der Waals surface area contributed by atoms with Crippen LogP contribution in [0.1, 0.15) is 5.56 Å². The van der Waals surface area contributed by atoms with Crippen LogP contribution in [0.3, 0.4) is 0 Å². The molecule has 0 aliphatic carbocycles. The van der Waals surface area contributed by atoms with Gasteiger partial charge in [-0.3, -0.25) is 10.1 Å². The molecule has 0 unspecified atom stereocenters. The molecule has 20 heavy (non-hydrogen) atoms. The molecular weight excluding hydrogens is 369 g/mol. The second-order valence-corrected chi connectivity index (χ2v) is 5.19. The predicted molar refractivity (Wildman–Crippen MR) is 82.3 cm³/mol. The van der Waals surface area contributed by atoms with Crippen molar-refractivity contribution in [1.29, 1.82) is 0 Å². The molecule has 0 spiro atoms. The predicted octanol–water partition coefficient (Wildman–Crippen LogP) is 5.59. The smallest absolute Gasteiger partial charge is 0.311 e. The lowest BCUT2D eigenvalue weighted by molar-refractivity contribution is -0.385. The highest BCUT2D eigenvalue weighted by Crippen LogP contribution is 2.38. The Kier molecular flexibility index (Phi) is 4.86. The lowest BCUT2D eigenvalue weighted by Gasteiger charge is -2.09. The number of hydrogen-bond donors (Lipinski definition) is 0. The van der Waals surface area contributed by atoms with E-state index in [1.54, 1.807) is 24.3 Å². The van der Waals surface area contributed by atoms with Crippen molar-refractivity contribution in [1.82, 2.24) is 0 Å². The van der Waals surface area contributed by atoms with E-state index in [9.17, 15) is 10.1 Å². The van der Waals surface area contributed by atoms with Crippen molar-refractivity contribution < 1.29 is 9.66 Å². The van der Waals surface area contributed by atoms with E-state index in [0.29, 0.717) is 10.4 Å². The van der Waals surface area contributed by atoms with Gasteiger partial charge in [0.2, 0.25) is 5.75 Å². The summed E-state index contributed by atoms with van der Waals surface area (Å²) < 4.78 is 5.51. The van der Waals surface area contributed by atoms with Crippen molar-refractivity contribution in [3.05, 3.63) is 62.1 Å². The fraction of sp³-hybridized carbons (Fsp3) is 0.0769. The molecule has 2 aromatic rings. The summed E-state index contributed by atoms with van der Waals surface area (Å²) >= 11 is 15.1. The number of nitrogens with zero attached hydrogens (tertiary/aromatic N) is 1. The molecule has 0 aromatic heterocycles. The SMILES string of the molecule is O=[N+]([O-])c1cc(CBr)ccc1Oc1cccc(Cl)c1Cl. The van der Waals surface area contributed by atoms with Crippen molar-refractivity contribution >= 4 is 44.8 Å².